The van der Waals surface area contributed by atoms with E-state index in [1.807, 2.05) is 6.92 Å². The lowest BCUT2D eigenvalue weighted by molar-refractivity contribution is -0.142. The Labute approximate surface area is 226 Å². The van der Waals surface area contributed by atoms with Crippen LogP contribution in [0.25, 0.3) is 0 Å². The molecule has 1 aliphatic heterocycles. The Balaban J connectivity index is 1.33. The number of fused-ring (bicyclic) bond motifs is 1. The minimum absolute atomic E-state index is 0.0252. The summed E-state index contributed by atoms with van der Waals surface area (Å²) in [4.78, 5) is 85.1. The van der Waals surface area contributed by atoms with Gasteiger partial charge in [-0.1, -0.05) is 19.8 Å². The highest BCUT2D eigenvalue weighted by Gasteiger charge is 2.49. The Morgan fingerprint density at radius 1 is 1.03 bits per heavy atom. The van der Waals surface area contributed by atoms with Crippen LogP contribution in [0.4, 0.5) is 0 Å². The summed E-state index contributed by atoms with van der Waals surface area (Å²) in [7, 11) is 0. The standard InChI is InChI=1S/C26H35N7O6/c1-2-4-18(23(36)26(39)31-16-7-8-16)32-25(38)22-17-6-3-5-15(17)14-33(22)21(35)13-29-20(34)12-30-24(37)19-11-27-9-10-28-19/h9-11,15-18,22H,2-8,12-14H2,1H3,(H,29,34)(H,30,37)(H,31,39)(H,32,38). The maximum absolute atomic E-state index is 13.5. The summed E-state index contributed by atoms with van der Waals surface area (Å²) in [6, 6.07) is -1.72. The van der Waals surface area contributed by atoms with Crippen molar-refractivity contribution in [1.82, 2.24) is 36.1 Å². The Bertz CT molecular complexity index is 1110. The van der Waals surface area contributed by atoms with Gasteiger partial charge < -0.3 is 26.2 Å². The first-order chi connectivity index (χ1) is 18.8. The first-order valence-corrected chi connectivity index (χ1v) is 13.5. The predicted octanol–water partition coefficient (Wildman–Crippen LogP) is -0.918. The minimum Gasteiger partial charge on any atom is -0.347 e. The SMILES string of the molecule is CCCC(NC(=O)C1C2CCCC2CN1C(=O)CNC(=O)CNC(=O)c1cnccn1)C(=O)C(=O)NC1CC1. The number of aromatic nitrogens is 2. The summed E-state index contributed by atoms with van der Waals surface area (Å²) >= 11 is 0. The number of nitrogens with zero attached hydrogens (tertiary/aromatic N) is 3. The van der Waals surface area contributed by atoms with Gasteiger partial charge in [-0.3, -0.25) is 33.8 Å². The number of ketones is 1. The Hall–Kier alpha value is -3.90. The topological polar surface area (TPSA) is 180 Å². The minimum atomic E-state index is -0.962. The highest BCUT2D eigenvalue weighted by atomic mass is 16.2. The quantitative estimate of drug-likeness (QED) is 0.245. The molecule has 0 bridgehead atoms. The molecular formula is C26H35N7O6. The molecule has 210 valence electrons. The molecule has 2 heterocycles. The van der Waals surface area contributed by atoms with Crippen LogP contribution in [0.3, 0.4) is 0 Å². The van der Waals surface area contributed by atoms with Gasteiger partial charge in [0.2, 0.25) is 23.5 Å². The zero-order valence-electron chi connectivity index (χ0n) is 22.0. The molecule has 1 aromatic rings. The van der Waals surface area contributed by atoms with Gasteiger partial charge in [0.05, 0.1) is 25.3 Å². The average Bonchev–Trinajstić information content (AvgIpc) is 3.50. The molecule has 0 spiro atoms. The third-order valence-corrected chi connectivity index (χ3v) is 7.47. The van der Waals surface area contributed by atoms with E-state index in [1.54, 1.807) is 0 Å². The van der Waals surface area contributed by atoms with Gasteiger partial charge in [0.1, 0.15) is 11.7 Å². The molecule has 0 radical (unpaired) electrons. The average molecular weight is 542 g/mol. The van der Waals surface area contributed by atoms with Gasteiger partial charge >= 0.3 is 0 Å². The lowest BCUT2D eigenvalue weighted by atomic mass is 9.93. The molecule has 4 N–H and O–H groups in total. The number of Topliss-reactive ketones (excluding diaryl/α,β-unsaturated/α-hetero) is 1. The molecule has 3 aliphatic rings. The summed E-state index contributed by atoms with van der Waals surface area (Å²) < 4.78 is 0. The van der Waals surface area contributed by atoms with Crippen LogP contribution in [-0.2, 0) is 24.0 Å². The van der Waals surface area contributed by atoms with Crippen molar-refractivity contribution < 1.29 is 28.8 Å². The van der Waals surface area contributed by atoms with Crippen molar-refractivity contribution in [2.24, 2.45) is 11.8 Å². The molecular weight excluding hydrogens is 506 g/mol. The second kappa shape index (κ2) is 12.8. The maximum Gasteiger partial charge on any atom is 0.289 e. The number of hydrogen-bond donors (Lipinski definition) is 4. The Morgan fingerprint density at radius 3 is 2.51 bits per heavy atom. The van der Waals surface area contributed by atoms with Gasteiger partial charge in [0.25, 0.3) is 11.8 Å². The van der Waals surface area contributed by atoms with Crippen LogP contribution in [0.2, 0.25) is 0 Å². The van der Waals surface area contributed by atoms with Crippen LogP contribution >= 0.6 is 0 Å². The first kappa shape index (κ1) is 28.1. The molecule has 4 rings (SSSR count). The predicted molar refractivity (Wildman–Crippen MR) is 137 cm³/mol. The van der Waals surface area contributed by atoms with Crippen molar-refractivity contribution in [3.8, 4) is 0 Å². The van der Waals surface area contributed by atoms with Crippen molar-refractivity contribution in [1.29, 1.82) is 0 Å². The van der Waals surface area contributed by atoms with E-state index < -0.39 is 47.4 Å². The van der Waals surface area contributed by atoms with Crippen molar-refractivity contribution in [2.45, 2.75) is 70.0 Å². The number of likely N-dealkylation sites (tertiary alicyclic amines) is 1. The summed E-state index contributed by atoms with van der Waals surface area (Å²) in [5.41, 5.74) is 0.0590. The van der Waals surface area contributed by atoms with Gasteiger partial charge in [-0.05, 0) is 43.9 Å². The number of nitrogens with one attached hydrogen (secondary N) is 4. The number of hydrogen-bond acceptors (Lipinski definition) is 8. The summed E-state index contributed by atoms with van der Waals surface area (Å²) in [6.45, 7) is 1.54. The molecule has 4 atom stereocenters. The van der Waals surface area contributed by atoms with Crippen LogP contribution in [0.15, 0.2) is 18.6 Å². The lowest BCUT2D eigenvalue weighted by Gasteiger charge is -2.29. The molecule has 2 saturated carbocycles. The van der Waals surface area contributed by atoms with Crippen LogP contribution in [0.1, 0.15) is 62.4 Å². The van der Waals surface area contributed by atoms with Crippen molar-refractivity contribution in [3.63, 3.8) is 0 Å². The van der Waals surface area contributed by atoms with Crippen LogP contribution in [-0.4, -0.2) is 87.9 Å². The van der Waals surface area contributed by atoms with E-state index in [-0.39, 0.29) is 36.7 Å². The molecule has 0 aromatic carbocycles. The van der Waals surface area contributed by atoms with Crippen LogP contribution in [0.5, 0.6) is 0 Å². The van der Waals surface area contributed by atoms with Crippen LogP contribution < -0.4 is 21.3 Å². The summed E-state index contributed by atoms with van der Waals surface area (Å²) in [5, 5.41) is 10.3. The van der Waals surface area contributed by atoms with E-state index >= 15 is 0 Å². The summed E-state index contributed by atoms with van der Waals surface area (Å²) in [6.07, 6.45) is 9.25. The summed E-state index contributed by atoms with van der Waals surface area (Å²) in [5.74, 6) is -3.28. The van der Waals surface area contributed by atoms with Gasteiger partial charge in [0, 0.05) is 25.0 Å². The van der Waals surface area contributed by atoms with E-state index in [1.165, 1.54) is 23.5 Å². The van der Waals surface area contributed by atoms with Crippen molar-refractivity contribution in [3.05, 3.63) is 24.3 Å². The zero-order valence-corrected chi connectivity index (χ0v) is 22.0. The fraction of sp³-hybridized carbons (Fsp3) is 0.615. The van der Waals surface area contributed by atoms with Gasteiger partial charge in [-0.25, -0.2) is 4.98 Å². The maximum atomic E-state index is 13.5. The number of carbonyl (C=O) groups excluding carboxylic acids is 6. The lowest BCUT2D eigenvalue weighted by Crippen LogP contribution is -2.55. The Kier molecular flexibility index (Phi) is 9.20. The second-order valence-corrected chi connectivity index (χ2v) is 10.4. The van der Waals surface area contributed by atoms with E-state index in [2.05, 4.69) is 31.2 Å². The molecule has 5 amide bonds. The van der Waals surface area contributed by atoms with Gasteiger partial charge in [-0.15, -0.1) is 0 Å². The molecule has 39 heavy (non-hydrogen) atoms. The number of carbonyl (C=O) groups is 6. The largest absolute Gasteiger partial charge is 0.347 e. The van der Waals surface area contributed by atoms with Gasteiger partial charge in [-0.2, -0.15) is 0 Å². The first-order valence-electron chi connectivity index (χ1n) is 13.5. The molecule has 13 nitrogen and oxygen atoms in total. The monoisotopic (exact) mass is 541 g/mol. The molecule has 3 fully saturated rings. The molecule has 1 aromatic heterocycles. The molecule has 4 unspecified atom stereocenters. The van der Waals surface area contributed by atoms with Crippen molar-refractivity contribution in [2.75, 3.05) is 19.6 Å². The zero-order chi connectivity index (χ0) is 27.9. The van der Waals surface area contributed by atoms with E-state index in [0.717, 1.165) is 32.1 Å². The number of rotatable bonds is 12. The smallest absolute Gasteiger partial charge is 0.289 e. The normalized spacial score (nSPS) is 22.4. The highest BCUT2D eigenvalue weighted by Crippen LogP contribution is 2.42. The van der Waals surface area contributed by atoms with Gasteiger partial charge in [0.15, 0.2) is 0 Å². The fourth-order valence-corrected chi connectivity index (χ4v) is 5.36. The third kappa shape index (κ3) is 7.15. The molecule has 13 heteroatoms. The third-order valence-electron chi connectivity index (χ3n) is 7.47. The highest BCUT2D eigenvalue weighted by molar-refractivity contribution is 6.38. The number of amides is 5. The van der Waals surface area contributed by atoms with E-state index in [4.69, 9.17) is 0 Å². The Morgan fingerprint density at radius 2 is 1.82 bits per heavy atom. The molecule has 2 aliphatic carbocycles. The second-order valence-electron chi connectivity index (χ2n) is 10.4. The molecule has 1 saturated heterocycles. The van der Waals surface area contributed by atoms with E-state index in [0.29, 0.717) is 19.4 Å². The van der Waals surface area contributed by atoms with E-state index in [9.17, 15) is 28.8 Å². The van der Waals surface area contributed by atoms with Crippen molar-refractivity contribution >= 4 is 35.3 Å². The fourth-order valence-electron chi connectivity index (χ4n) is 5.36. The van der Waals surface area contributed by atoms with Crippen LogP contribution in [0, 0.1) is 11.8 Å².